The SMILES string of the molecule is CC(C)(N)CC1CCOC1C(N)=O. The normalized spacial score (nSPS) is 29.2. The van der Waals surface area contributed by atoms with E-state index in [9.17, 15) is 4.79 Å². The molecule has 2 unspecified atom stereocenters. The lowest BCUT2D eigenvalue weighted by atomic mass is 9.87. The van der Waals surface area contributed by atoms with Crippen molar-refractivity contribution in [3.05, 3.63) is 0 Å². The molecule has 1 saturated heterocycles. The lowest BCUT2D eigenvalue weighted by molar-refractivity contribution is -0.128. The van der Waals surface area contributed by atoms with E-state index in [0.717, 1.165) is 12.8 Å². The Morgan fingerprint density at radius 3 is 2.69 bits per heavy atom. The molecule has 1 fully saturated rings. The molecule has 76 valence electrons. The predicted octanol–water partition coefficient (Wildman–Crippen LogP) is 0.00420. The summed E-state index contributed by atoms with van der Waals surface area (Å²) >= 11 is 0. The second-order valence-electron chi connectivity index (χ2n) is 4.44. The van der Waals surface area contributed by atoms with Crippen LogP contribution in [-0.4, -0.2) is 24.2 Å². The van der Waals surface area contributed by atoms with E-state index in [1.54, 1.807) is 0 Å². The fraction of sp³-hybridized carbons (Fsp3) is 0.889. The number of amides is 1. The number of nitrogens with two attached hydrogens (primary N) is 2. The van der Waals surface area contributed by atoms with Crippen LogP contribution in [0, 0.1) is 5.92 Å². The maximum Gasteiger partial charge on any atom is 0.246 e. The topological polar surface area (TPSA) is 78.3 Å². The van der Waals surface area contributed by atoms with Gasteiger partial charge in [-0.3, -0.25) is 4.79 Å². The van der Waals surface area contributed by atoms with Gasteiger partial charge in [0.25, 0.3) is 0 Å². The molecule has 4 heteroatoms. The fourth-order valence-electron chi connectivity index (χ4n) is 1.83. The molecule has 0 radical (unpaired) electrons. The first-order chi connectivity index (χ1) is 5.90. The summed E-state index contributed by atoms with van der Waals surface area (Å²) in [6, 6.07) is 0. The zero-order chi connectivity index (χ0) is 10.1. The summed E-state index contributed by atoms with van der Waals surface area (Å²) in [5, 5.41) is 0. The summed E-state index contributed by atoms with van der Waals surface area (Å²) in [7, 11) is 0. The molecule has 4 N–H and O–H groups in total. The quantitative estimate of drug-likeness (QED) is 0.651. The second kappa shape index (κ2) is 3.64. The van der Waals surface area contributed by atoms with Gasteiger partial charge in [-0.15, -0.1) is 0 Å². The van der Waals surface area contributed by atoms with Crippen molar-refractivity contribution in [2.75, 3.05) is 6.61 Å². The number of rotatable bonds is 3. The van der Waals surface area contributed by atoms with Crippen molar-refractivity contribution in [2.45, 2.75) is 38.3 Å². The van der Waals surface area contributed by atoms with Gasteiger partial charge in [-0.05, 0) is 32.6 Å². The van der Waals surface area contributed by atoms with Crippen molar-refractivity contribution in [3.8, 4) is 0 Å². The fourth-order valence-corrected chi connectivity index (χ4v) is 1.83. The van der Waals surface area contributed by atoms with Crippen molar-refractivity contribution < 1.29 is 9.53 Å². The average Bonchev–Trinajstić information content (AvgIpc) is 2.31. The van der Waals surface area contributed by atoms with E-state index >= 15 is 0 Å². The maximum absolute atomic E-state index is 11.0. The Labute approximate surface area is 78.6 Å². The van der Waals surface area contributed by atoms with Gasteiger partial charge in [0.1, 0.15) is 6.10 Å². The van der Waals surface area contributed by atoms with Crippen LogP contribution < -0.4 is 11.5 Å². The molecule has 13 heavy (non-hydrogen) atoms. The highest BCUT2D eigenvalue weighted by Crippen LogP contribution is 2.27. The van der Waals surface area contributed by atoms with Crippen LogP contribution in [0.4, 0.5) is 0 Å². The lowest BCUT2D eigenvalue weighted by Crippen LogP contribution is -2.40. The smallest absolute Gasteiger partial charge is 0.246 e. The van der Waals surface area contributed by atoms with Crippen molar-refractivity contribution in [1.82, 2.24) is 0 Å². The second-order valence-corrected chi connectivity index (χ2v) is 4.44. The van der Waals surface area contributed by atoms with Gasteiger partial charge in [-0.25, -0.2) is 0 Å². The molecule has 1 heterocycles. The number of carbonyl (C=O) groups is 1. The van der Waals surface area contributed by atoms with Gasteiger partial charge in [0.15, 0.2) is 0 Å². The van der Waals surface area contributed by atoms with Crippen LogP contribution in [-0.2, 0) is 9.53 Å². The Morgan fingerprint density at radius 1 is 1.62 bits per heavy atom. The third kappa shape index (κ3) is 2.97. The predicted molar refractivity (Wildman–Crippen MR) is 49.9 cm³/mol. The monoisotopic (exact) mass is 186 g/mol. The minimum atomic E-state index is -0.428. The molecule has 0 bridgehead atoms. The molecule has 0 saturated carbocycles. The van der Waals surface area contributed by atoms with Crippen LogP contribution in [0.5, 0.6) is 0 Å². The molecule has 0 aromatic heterocycles. The molecular weight excluding hydrogens is 168 g/mol. The van der Waals surface area contributed by atoms with E-state index in [1.807, 2.05) is 13.8 Å². The van der Waals surface area contributed by atoms with Gasteiger partial charge in [-0.2, -0.15) is 0 Å². The number of hydrogen-bond donors (Lipinski definition) is 2. The number of hydrogen-bond acceptors (Lipinski definition) is 3. The van der Waals surface area contributed by atoms with Gasteiger partial charge < -0.3 is 16.2 Å². The number of carbonyl (C=O) groups excluding carboxylic acids is 1. The molecule has 0 aliphatic carbocycles. The van der Waals surface area contributed by atoms with Gasteiger partial charge in [0.05, 0.1) is 0 Å². The van der Waals surface area contributed by atoms with Crippen LogP contribution in [0.3, 0.4) is 0 Å². The van der Waals surface area contributed by atoms with E-state index in [2.05, 4.69) is 0 Å². The minimum Gasteiger partial charge on any atom is -0.368 e. The zero-order valence-electron chi connectivity index (χ0n) is 8.25. The largest absolute Gasteiger partial charge is 0.368 e. The molecule has 0 aromatic carbocycles. The highest BCUT2D eigenvalue weighted by atomic mass is 16.5. The molecule has 1 aliphatic rings. The number of primary amides is 1. The Balaban J connectivity index is 2.54. The summed E-state index contributed by atoms with van der Waals surface area (Å²) in [4.78, 5) is 11.0. The van der Waals surface area contributed by atoms with Crippen molar-refractivity contribution in [2.24, 2.45) is 17.4 Å². The maximum atomic E-state index is 11.0. The average molecular weight is 186 g/mol. The molecule has 1 amide bonds. The molecule has 1 aliphatic heterocycles. The third-order valence-corrected chi connectivity index (χ3v) is 2.28. The van der Waals surface area contributed by atoms with Crippen LogP contribution in [0.1, 0.15) is 26.7 Å². The van der Waals surface area contributed by atoms with Crippen molar-refractivity contribution in [1.29, 1.82) is 0 Å². The van der Waals surface area contributed by atoms with Crippen LogP contribution >= 0.6 is 0 Å². The molecule has 4 nitrogen and oxygen atoms in total. The molecule has 2 atom stereocenters. The Hall–Kier alpha value is -0.610. The summed E-state index contributed by atoms with van der Waals surface area (Å²) in [5.41, 5.74) is 10.8. The van der Waals surface area contributed by atoms with Crippen molar-refractivity contribution in [3.63, 3.8) is 0 Å². The summed E-state index contributed by atoms with van der Waals surface area (Å²) in [5.74, 6) is -0.177. The lowest BCUT2D eigenvalue weighted by Gasteiger charge is -2.24. The Morgan fingerprint density at radius 2 is 2.23 bits per heavy atom. The summed E-state index contributed by atoms with van der Waals surface area (Å²) in [6.07, 6.45) is 1.23. The minimum absolute atomic E-state index is 0.192. The van der Waals surface area contributed by atoms with Crippen LogP contribution in [0.25, 0.3) is 0 Å². The van der Waals surface area contributed by atoms with E-state index in [1.165, 1.54) is 0 Å². The van der Waals surface area contributed by atoms with Crippen molar-refractivity contribution >= 4 is 5.91 Å². The first-order valence-electron chi connectivity index (χ1n) is 4.60. The molecular formula is C9H18N2O2. The van der Waals surface area contributed by atoms with Gasteiger partial charge in [-0.1, -0.05) is 0 Å². The summed E-state index contributed by atoms with van der Waals surface area (Å²) in [6.45, 7) is 4.51. The first kappa shape index (κ1) is 10.5. The van der Waals surface area contributed by atoms with E-state index in [0.29, 0.717) is 6.61 Å². The standard InChI is InChI=1S/C9H18N2O2/c1-9(2,11)5-6-3-4-13-7(6)8(10)12/h6-7H,3-5,11H2,1-2H3,(H2,10,12). The first-order valence-corrected chi connectivity index (χ1v) is 4.60. The van der Waals surface area contributed by atoms with Gasteiger partial charge in [0, 0.05) is 12.1 Å². The van der Waals surface area contributed by atoms with E-state index < -0.39 is 6.10 Å². The Kier molecular flexibility index (Phi) is 2.93. The summed E-state index contributed by atoms with van der Waals surface area (Å²) < 4.78 is 5.24. The van der Waals surface area contributed by atoms with Gasteiger partial charge >= 0.3 is 0 Å². The van der Waals surface area contributed by atoms with E-state index in [-0.39, 0.29) is 17.4 Å². The van der Waals surface area contributed by atoms with Crippen LogP contribution in [0.2, 0.25) is 0 Å². The number of ether oxygens (including phenoxy) is 1. The highest BCUT2D eigenvalue weighted by molar-refractivity contribution is 5.79. The highest BCUT2D eigenvalue weighted by Gasteiger charge is 2.35. The van der Waals surface area contributed by atoms with Crippen LogP contribution in [0.15, 0.2) is 0 Å². The molecule has 0 spiro atoms. The van der Waals surface area contributed by atoms with E-state index in [4.69, 9.17) is 16.2 Å². The Bertz CT molecular complexity index is 198. The third-order valence-electron chi connectivity index (χ3n) is 2.28. The molecule has 0 aromatic rings. The molecule has 1 rings (SSSR count). The zero-order valence-corrected chi connectivity index (χ0v) is 8.25. The van der Waals surface area contributed by atoms with Gasteiger partial charge in [0.2, 0.25) is 5.91 Å².